The molecule has 0 aromatic carbocycles. The third-order valence-corrected chi connectivity index (χ3v) is 1.96. The molecule has 0 aliphatic heterocycles. The number of hydrogen-bond donors (Lipinski definition) is 0. The van der Waals surface area contributed by atoms with Gasteiger partial charge >= 0.3 is 0 Å². The van der Waals surface area contributed by atoms with Gasteiger partial charge in [0, 0.05) is 0 Å². The van der Waals surface area contributed by atoms with Crippen LogP contribution in [0.1, 0.15) is 31.8 Å². The fourth-order valence-corrected chi connectivity index (χ4v) is 1.09. The zero-order valence-corrected chi connectivity index (χ0v) is 9.53. The number of halogens is 1. The number of hydrogen-bond acceptors (Lipinski definition) is 3. The average Bonchev–Trinajstić information content (AvgIpc) is 2.52. The molecule has 1 heterocycles. The predicted molar refractivity (Wildman–Crippen MR) is 55.4 cm³/mol. The molecule has 1 rings (SSSR count). The van der Waals surface area contributed by atoms with Crippen LogP contribution < -0.4 is 0 Å². The summed E-state index contributed by atoms with van der Waals surface area (Å²) >= 11 is 5.85. The van der Waals surface area contributed by atoms with Gasteiger partial charge in [0.15, 0.2) is 0 Å². The molecule has 5 heteroatoms. The molecule has 0 radical (unpaired) electrons. The van der Waals surface area contributed by atoms with Crippen molar-refractivity contribution in [2.24, 2.45) is 0 Å². The molecule has 14 heavy (non-hydrogen) atoms. The molecule has 1 unspecified atom stereocenters. The summed E-state index contributed by atoms with van der Waals surface area (Å²) in [4.78, 5) is 0. The van der Waals surface area contributed by atoms with Crippen LogP contribution in [0.3, 0.4) is 0 Å². The van der Waals surface area contributed by atoms with Crippen LogP contribution in [0.5, 0.6) is 0 Å². The molecule has 0 saturated heterocycles. The first-order chi connectivity index (χ1) is 6.59. The van der Waals surface area contributed by atoms with Gasteiger partial charge in [-0.1, -0.05) is 5.21 Å². The first kappa shape index (κ1) is 11.5. The second kappa shape index (κ2) is 5.32. The molecule has 0 aliphatic carbocycles. The Labute approximate surface area is 89.2 Å². The zero-order chi connectivity index (χ0) is 10.6. The van der Waals surface area contributed by atoms with Gasteiger partial charge in [0.25, 0.3) is 0 Å². The summed E-state index contributed by atoms with van der Waals surface area (Å²) < 4.78 is 7.14. The van der Waals surface area contributed by atoms with E-state index in [4.69, 9.17) is 16.3 Å². The molecule has 0 aliphatic rings. The van der Waals surface area contributed by atoms with Crippen LogP contribution in [0.15, 0.2) is 6.20 Å². The van der Waals surface area contributed by atoms with Crippen molar-refractivity contribution < 1.29 is 4.74 Å². The van der Waals surface area contributed by atoms with Gasteiger partial charge in [-0.15, -0.1) is 16.7 Å². The maximum atomic E-state index is 5.85. The van der Waals surface area contributed by atoms with Gasteiger partial charge < -0.3 is 4.74 Å². The lowest BCUT2D eigenvalue weighted by Crippen LogP contribution is -2.10. The van der Waals surface area contributed by atoms with Gasteiger partial charge in [0.2, 0.25) is 0 Å². The van der Waals surface area contributed by atoms with E-state index in [9.17, 15) is 0 Å². The van der Waals surface area contributed by atoms with Crippen LogP contribution in [-0.2, 0) is 11.3 Å². The second-order valence-electron chi connectivity index (χ2n) is 3.44. The first-order valence-corrected chi connectivity index (χ1v) is 5.19. The molecule has 0 fully saturated rings. The highest BCUT2D eigenvalue weighted by Crippen LogP contribution is 2.15. The molecule has 1 aromatic rings. The topological polar surface area (TPSA) is 39.9 Å². The van der Waals surface area contributed by atoms with Crippen molar-refractivity contribution in [3.05, 3.63) is 11.9 Å². The second-order valence-corrected chi connectivity index (χ2v) is 4.10. The van der Waals surface area contributed by atoms with Crippen LogP contribution in [-0.4, -0.2) is 27.7 Å². The lowest BCUT2D eigenvalue weighted by Gasteiger charge is -2.06. The number of aromatic nitrogens is 3. The Bertz CT molecular complexity index is 273. The van der Waals surface area contributed by atoms with Crippen molar-refractivity contribution in [2.45, 2.75) is 38.8 Å². The highest BCUT2D eigenvalue weighted by Gasteiger charge is 2.06. The van der Waals surface area contributed by atoms with E-state index in [1.165, 1.54) is 0 Å². The lowest BCUT2D eigenvalue weighted by molar-refractivity contribution is 0.0707. The maximum absolute atomic E-state index is 5.85. The summed E-state index contributed by atoms with van der Waals surface area (Å²) in [5.41, 5.74) is 0.802. The summed E-state index contributed by atoms with van der Waals surface area (Å²) in [6, 6.07) is 0. The minimum Gasteiger partial charge on any atom is -0.377 e. The molecule has 0 saturated carbocycles. The van der Waals surface area contributed by atoms with Gasteiger partial charge in [-0.05, 0) is 20.8 Å². The van der Waals surface area contributed by atoms with Crippen molar-refractivity contribution >= 4 is 11.6 Å². The molecule has 1 aromatic heterocycles. The predicted octanol–water partition coefficient (Wildman–Crippen LogP) is 2.00. The summed E-state index contributed by atoms with van der Waals surface area (Å²) in [7, 11) is 0. The Balaban J connectivity index is 2.36. The Kier molecular flexibility index (Phi) is 4.35. The van der Waals surface area contributed by atoms with Crippen LogP contribution in [0, 0.1) is 0 Å². The minimum absolute atomic E-state index is 0.0882. The van der Waals surface area contributed by atoms with E-state index >= 15 is 0 Å². The van der Waals surface area contributed by atoms with Crippen LogP contribution in [0.25, 0.3) is 0 Å². The Morgan fingerprint density at radius 3 is 2.71 bits per heavy atom. The van der Waals surface area contributed by atoms with Gasteiger partial charge in [-0.25, -0.2) is 4.68 Å². The lowest BCUT2D eigenvalue weighted by atomic mass is 10.4. The highest BCUT2D eigenvalue weighted by atomic mass is 35.5. The number of ether oxygens (including phenoxy) is 1. The van der Waals surface area contributed by atoms with Gasteiger partial charge in [0.05, 0.1) is 30.8 Å². The molecule has 0 spiro atoms. The SMILES string of the molecule is CC(C)OCCn1cc(C(C)Cl)nn1. The molecular weight excluding hydrogens is 202 g/mol. The smallest absolute Gasteiger partial charge is 0.100 e. The zero-order valence-electron chi connectivity index (χ0n) is 8.77. The van der Waals surface area contributed by atoms with Crippen molar-refractivity contribution in [2.75, 3.05) is 6.61 Å². The summed E-state index contributed by atoms with van der Waals surface area (Å²) in [6.45, 7) is 7.26. The summed E-state index contributed by atoms with van der Waals surface area (Å²) in [6.07, 6.45) is 2.10. The largest absolute Gasteiger partial charge is 0.377 e. The van der Waals surface area contributed by atoms with E-state index in [-0.39, 0.29) is 11.5 Å². The monoisotopic (exact) mass is 217 g/mol. The average molecular weight is 218 g/mol. The van der Waals surface area contributed by atoms with Crippen molar-refractivity contribution in [1.29, 1.82) is 0 Å². The van der Waals surface area contributed by atoms with Crippen LogP contribution in [0.4, 0.5) is 0 Å². The van der Waals surface area contributed by atoms with Gasteiger partial charge in [-0.3, -0.25) is 0 Å². The summed E-state index contributed by atoms with van der Waals surface area (Å²) in [5.74, 6) is 0. The van der Waals surface area contributed by atoms with E-state index < -0.39 is 0 Å². The van der Waals surface area contributed by atoms with Gasteiger partial charge in [-0.2, -0.15) is 0 Å². The fraction of sp³-hybridized carbons (Fsp3) is 0.778. The number of rotatable bonds is 5. The van der Waals surface area contributed by atoms with E-state index in [0.717, 1.165) is 12.2 Å². The normalized spacial score (nSPS) is 13.5. The molecule has 0 N–H and O–H groups in total. The number of alkyl halides is 1. The quantitative estimate of drug-likeness (QED) is 0.709. The number of nitrogens with zero attached hydrogens (tertiary/aromatic N) is 3. The van der Waals surface area contributed by atoms with E-state index in [0.29, 0.717) is 6.61 Å². The Morgan fingerprint density at radius 1 is 1.50 bits per heavy atom. The fourth-order valence-electron chi connectivity index (χ4n) is 0.987. The first-order valence-electron chi connectivity index (χ1n) is 4.75. The summed E-state index contributed by atoms with van der Waals surface area (Å²) in [5, 5.41) is 7.79. The van der Waals surface area contributed by atoms with E-state index in [1.54, 1.807) is 4.68 Å². The maximum Gasteiger partial charge on any atom is 0.100 e. The van der Waals surface area contributed by atoms with Gasteiger partial charge in [0.1, 0.15) is 5.69 Å². The van der Waals surface area contributed by atoms with E-state index in [1.807, 2.05) is 27.0 Å². The minimum atomic E-state index is -0.0882. The third kappa shape index (κ3) is 3.64. The molecule has 0 amide bonds. The highest BCUT2D eigenvalue weighted by molar-refractivity contribution is 6.20. The van der Waals surface area contributed by atoms with Crippen molar-refractivity contribution in [3.8, 4) is 0 Å². The third-order valence-electron chi connectivity index (χ3n) is 1.74. The van der Waals surface area contributed by atoms with Crippen molar-refractivity contribution in [1.82, 2.24) is 15.0 Å². The molecule has 0 bridgehead atoms. The molecule has 4 nitrogen and oxygen atoms in total. The van der Waals surface area contributed by atoms with Crippen LogP contribution >= 0.6 is 11.6 Å². The standard InChI is InChI=1S/C9H16ClN3O/c1-7(2)14-5-4-13-6-9(8(3)10)11-12-13/h6-8H,4-5H2,1-3H3. The molecule has 1 atom stereocenters. The Morgan fingerprint density at radius 2 is 2.21 bits per heavy atom. The molecule has 80 valence electrons. The van der Waals surface area contributed by atoms with Crippen LogP contribution in [0.2, 0.25) is 0 Å². The van der Waals surface area contributed by atoms with E-state index in [2.05, 4.69) is 10.3 Å². The molecular formula is C9H16ClN3O. The Hall–Kier alpha value is -0.610. The van der Waals surface area contributed by atoms with Crippen molar-refractivity contribution in [3.63, 3.8) is 0 Å².